The molecule has 13 heteroatoms. The van der Waals surface area contributed by atoms with Gasteiger partial charge in [-0.3, -0.25) is 13.8 Å². The molecule has 0 aliphatic carbocycles. The van der Waals surface area contributed by atoms with E-state index in [0.717, 1.165) is 0 Å². The molecule has 2 aliphatic rings. The molecule has 33 heavy (non-hydrogen) atoms. The van der Waals surface area contributed by atoms with Gasteiger partial charge >= 0.3 is 13.7 Å². The van der Waals surface area contributed by atoms with Crippen molar-refractivity contribution in [2.24, 2.45) is 5.41 Å². The number of hydrogen-bond acceptors (Lipinski definition) is 9. The van der Waals surface area contributed by atoms with E-state index in [1.807, 2.05) is 20.8 Å². The van der Waals surface area contributed by atoms with E-state index in [4.69, 9.17) is 18.5 Å². The third-order valence-corrected chi connectivity index (χ3v) is 7.20. The minimum Gasteiger partial charge on any atom is -0.464 e. The number of halogens is 1. The summed E-state index contributed by atoms with van der Waals surface area (Å²) in [5.74, 6) is -0.612. The van der Waals surface area contributed by atoms with Gasteiger partial charge in [0.2, 0.25) is 0 Å². The van der Waals surface area contributed by atoms with Crippen LogP contribution >= 0.6 is 7.75 Å². The summed E-state index contributed by atoms with van der Waals surface area (Å²) in [6.45, 7) is 10.3. The molecule has 4 heterocycles. The van der Waals surface area contributed by atoms with Gasteiger partial charge in [-0.1, -0.05) is 20.8 Å². The Balaban J connectivity index is 1.50. The highest BCUT2D eigenvalue weighted by atomic mass is 31.2. The molecule has 0 amide bonds. The highest BCUT2D eigenvalue weighted by Gasteiger charge is 2.61. The Morgan fingerprint density at radius 1 is 1.45 bits per heavy atom. The van der Waals surface area contributed by atoms with E-state index in [9.17, 15) is 9.36 Å². The average molecular weight is 485 g/mol. The SMILES string of the molecule is Cc1ncnn2c([C@@H]3O[C@@H]4COP(=O)(N[C@@H](C)C(=O)OCC(C)(C)C)O[C@H]4[C@@]3(C)F)cnc12. The van der Waals surface area contributed by atoms with Crippen LogP contribution in [0.25, 0.3) is 5.65 Å². The number of aryl methyl sites for hydroxylation is 1. The van der Waals surface area contributed by atoms with Crippen LogP contribution in [0, 0.1) is 12.3 Å². The topological polar surface area (TPSA) is 126 Å². The van der Waals surface area contributed by atoms with Crippen molar-refractivity contribution in [2.45, 2.75) is 71.6 Å². The molecule has 0 radical (unpaired) electrons. The minimum absolute atomic E-state index is 0.181. The molecule has 2 aromatic rings. The Labute approximate surface area is 190 Å². The molecule has 0 bridgehead atoms. The van der Waals surface area contributed by atoms with Crippen LogP contribution in [-0.4, -0.2) is 62.7 Å². The molecule has 0 spiro atoms. The predicted octanol–water partition coefficient (Wildman–Crippen LogP) is 2.69. The summed E-state index contributed by atoms with van der Waals surface area (Å²) in [5, 5.41) is 6.70. The van der Waals surface area contributed by atoms with E-state index in [2.05, 4.69) is 20.2 Å². The lowest BCUT2D eigenvalue weighted by molar-refractivity contribution is -0.148. The fourth-order valence-corrected chi connectivity index (χ4v) is 5.56. The second kappa shape index (κ2) is 8.35. The number of alkyl halides is 1. The van der Waals surface area contributed by atoms with Crippen molar-refractivity contribution in [3.05, 3.63) is 23.9 Å². The molecule has 1 unspecified atom stereocenters. The number of esters is 1. The standard InChI is InChI=1S/C20H29FN5O6P/c1-11-17-22-7-13(26(17)24-10-23-11)15-20(6,21)16-14(31-15)8-30-33(28,32-16)25-12(2)18(27)29-9-19(3,4)5/h7,10,12,14-16H,8-9H2,1-6H3,(H,25,28)/t12-,14+,15-,16+,20-,33?/m0/s1. The quantitative estimate of drug-likeness (QED) is 0.499. The largest absolute Gasteiger partial charge is 0.464 e. The highest BCUT2D eigenvalue weighted by Crippen LogP contribution is 2.57. The molecule has 4 rings (SSSR count). The van der Waals surface area contributed by atoms with Crippen molar-refractivity contribution in [2.75, 3.05) is 13.2 Å². The normalized spacial score (nSPS) is 33.1. The molecular formula is C20H29FN5O6P. The van der Waals surface area contributed by atoms with Gasteiger partial charge in [0.25, 0.3) is 0 Å². The van der Waals surface area contributed by atoms with Crippen LogP contribution in [0.5, 0.6) is 0 Å². The van der Waals surface area contributed by atoms with Gasteiger partial charge in [0.05, 0.1) is 30.8 Å². The molecule has 2 aromatic heterocycles. The van der Waals surface area contributed by atoms with Gasteiger partial charge < -0.3 is 9.47 Å². The second-order valence-electron chi connectivity index (χ2n) is 9.81. The molecule has 6 atom stereocenters. The third kappa shape index (κ3) is 4.67. The summed E-state index contributed by atoms with van der Waals surface area (Å²) in [4.78, 5) is 20.6. The van der Waals surface area contributed by atoms with Crippen molar-refractivity contribution >= 4 is 19.4 Å². The van der Waals surface area contributed by atoms with Crippen molar-refractivity contribution < 1.29 is 32.3 Å². The van der Waals surface area contributed by atoms with Crippen molar-refractivity contribution in [3.63, 3.8) is 0 Å². The van der Waals surface area contributed by atoms with Crippen LogP contribution in [0.4, 0.5) is 4.39 Å². The number of nitrogens with one attached hydrogen (secondary N) is 1. The van der Waals surface area contributed by atoms with Crippen molar-refractivity contribution in [3.8, 4) is 0 Å². The molecular weight excluding hydrogens is 456 g/mol. The summed E-state index contributed by atoms with van der Waals surface area (Å²) in [7, 11) is -4.02. The van der Waals surface area contributed by atoms with Crippen LogP contribution in [-0.2, 0) is 27.9 Å². The number of nitrogens with zero attached hydrogens (tertiary/aromatic N) is 4. The van der Waals surface area contributed by atoms with Gasteiger partial charge in [0.15, 0.2) is 11.3 Å². The van der Waals surface area contributed by atoms with Gasteiger partial charge in [-0.15, -0.1) is 0 Å². The minimum atomic E-state index is -4.02. The lowest BCUT2D eigenvalue weighted by Crippen LogP contribution is -2.47. The maximum Gasteiger partial charge on any atom is 0.406 e. The third-order valence-electron chi connectivity index (χ3n) is 5.51. The first-order chi connectivity index (χ1) is 15.3. The molecule has 2 fully saturated rings. The van der Waals surface area contributed by atoms with Crippen molar-refractivity contribution in [1.82, 2.24) is 24.7 Å². The second-order valence-corrected chi connectivity index (χ2v) is 11.5. The number of imidazole rings is 1. The monoisotopic (exact) mass is 485 g/mol. The Morgan fingerprint density at radius 3 is 2.88 bits per heavy atom. The highest BCUT2D eigenvalue weighted by molar-refractivity contribution is 7.51. The van der Waals surface area contributed by atoms with E-state index in [1.165, 1.54) is 30.9 Å². The first-order valence-corrected chi connectivity index (χ1v) is 12.2. The zero-order valence-corrected chi connectivity index (χ0v) is 20.3. The summed E-state index contributed by atoms with van der Waals surface area (Å²) in [6, 6.07) is -0.989. The zero-order valence-electron chi connectivity index (χ0n) is 19.4. The Kier molecular flexibility index (Phi) is 6.11. The van der Waals surface area contributed by atoms with Gasteiger partial charge in [-0.2, -0.15) is 5.10 Å². The van der Waals surface area contributed by atoms with E-state index in [-0.39, 0.29) is 18.6 Å². The fourth-order valence-electron chi connectivity index (χ4n) is 3.80. The molecule has 0 saturated carbocycles. The molecule has 11 nitrogen and oxygen atoms in total. The molecule has 182 valence electrons. The number of carbonyl (C=O) groups excluding carboxylic acids is 1. The van der Waals surface area contributed by atoms with E-state index >= 15 is 4.39 Å². The van der Waals surface area contributed by atoms with Gasteiger partial charge in [0.1, 0.15) is 30.7 Å². The number of aromatic nitrogens is 4. The van der Waals surface area contributed by atoms with Crippen LogP contribution in [0.3, 0.4) is 0 Å². The Bertz CT molecular complexity index is 1100. The van der Waals surface area contributed by atoms with Crippen LogP contribution in [0.1, 0.15) is 52.1 Å². The summed E-state index contributed by atoms with van der Waals surface area (Å²) in [6.07, 6.45) is -0.293. The summed E-state index contributed by atoms with van der Waals surface area (Å²) < 4.78 is 52.9. The van der Waals surface area contributed by atoms with Crippen LogP contribution in [0.15, 0.2) is 12.5 Å². The van der Waals surface area contributed by atoms with E-state index < -0.39 is 43.7 Å². The lowest BCUT2D eigenvalue weighted by Gasteiger charge is -2.35. The lowest BCUT2D eigenvalue weighted by atomic mass is 9.93. The van der Waals surface area contributed by atoms with E-state index in [1.54, 1.807) is 6.92 Å². The number of carbonyl (C=O) groups is 1. The fraction of sp³-hybridized carbons (Fsp3) is 0.700. The number of rotatable bonds is 5. The average Bonchev–Trinajstić information content (AvgIpc) is 3.25. The maximum absolute atomic E-state index is 16.1. The van der Waals surface area contributed by atoms with Gasteiger partial charge in [-0.05, 0) is 26.2 Å². The smallest absolute Gasteiger partial charge is 0.406 e. The van der Waals surface area contributed by atoms with E-state index in [0.29, 0.717) is 17.0 Å². The number of ether oxygens (including phenoxy) is 2. The Morgan fingerprint density at radius 2 is 2.18 bits per heavy atom. The van der Waals surface area contributed by atoms with Crippen LogP contribution in [0.2, 0.25) is 0 Å². The molecule has 1 N–H and O–H groups in total. The number of fused-ring (bicyclic) bond motifs is 2. The van der Waals surface area contributed by atoms with Crippen molar-refractivity contribution in [1.29, 1.82) is 0 Å². The molecule has 0 aromatic carbocycles. The zero-order chi connectivity index (χ0) is 24.2. The van der Waals surface area contributed by atoms with Gasteiger partial charge in [0, 0.05) is 0 Å². The van der Waals surface area contributed by atoms with Crippen LogP contribution < -0.4 is 5.09 Å². The summed E-state index contributed by atoms with van der Waals surface area (Å²) >= 11 is 0. The predicted molar refractivity (Wildman–Crippen MR) is 114 cm³/mol. The molecule has 2 saturated heterocycles. The summed E-state index contributed by atoms with van der Waals surface area (Å²) in [5.41, 5.74) is -0.823. The van der Waals surface area contributed by atoms with Gasteiger partial charge in [-0.25, -0.2) is 28.5 Å². The maximum atomic E-state index is 16.1. The molecule has 2 aliphatic heterocycles. The first-order valence-electron chi connectivity index (χ1n) is 10.7. The Hall–Kier alpha value is -1.98. The first kappa shape index (κ1) is 24.2. The number of hydrogen-bond donors (Lipinski definition) is 1.